The number of rotatable bonds is 4. The summed E-state index contributed by atoms with van der Waals surface area (Å²) >= 11 is 0. The molecule has 0 unspecified atom stereocenters. The Morgan fingerprint density at radius 3 is 2.56 bits per heavy atom. The van der Waals surface area contributed by atoms with Crippen molar-refractivity contribution in [3.8, 4) is 5.75 Å². The number of carbonyl (C=O) groups excluding carboxylic acids is 2. The Balaban J connectivity index is 1.88. The van der Waals surface area contributed by atoms with Gasteiger partial charge in [-0.15, -0.1) is 0 Å². The van der Waals surface area contributed by atoms with Gasteiger partial charge >= 0.3 is 0 Å². The monoisotopic (exact) mass is 370 g/mol. The van der Waals surface area contributed by atoms with Crippen molar-refractivity contribution in [2.75, 3.05) is 20.2 Å². The third-order valence-electron chi connectivity index (χ3n) is 5.42. The first-order valence-corrected chi connectivity index (χ1v) is 9.15. The van der Waals surface area contributed by atoms with Crippen LogP contribution >= 0.6 is 0 Å². The minimum Gasteiger partial charge on any atom is -0.496 e. The fraction of sp³-hybridized carbons (Fsp3) is 0.429. The summed E-state index contributed by atoms with van der Waals surface area (Å²) in [6.07, 6.45) is 4.62. The molecule has 0 aliphatic carbocycles. The molecule has 1 fully saturated rings. The van der Waals surface area contributed by atoms with Crippen LogP contribution in [0.3, 0.4) is 0 Å². The summed E-state index contributed by atoms with van der Waals surface area (Å²) in [4.78, 5) is 25.8. The van der Waals surface area contributed by atoms with Gasteiger partial charge < -0.3 is 19.8 Å². The number of nitrogens with zero attached hydrogens (tertiary/aromatic N) is 1. The zero-order valence-corrected chi connectivity index (χ0v) is 16.3. The van der Waals surface area contributed by atoms with E-state index in [0.717, 1.165) is 33.2 Å². The number of piperidine rings is 1. The van der Waals surface area contributed by atoms with Gasteiger partial charge in [-0.2, -0.15) is 0 Å². The number of fused-ring (bicyclic) bond motifs is 1. The van der Waals surface area contributed by atoms with Crippen LogP contribution in [0, 0.1) is 19.8 Å². The first-order chi connectivity index (χ1) is 12.8. The van der Waals surface area contributed by atoms with Crippen LogP contribution in [0.15, 0.2) is 22.8 Å². The van der Waals surface area contributed by atoms with Crippen LogP contribution in [0.2, 0.25) is 0 Å². The number of benzene rings is 1. The van der Waals surface area contributed by atoms with Gasteiger partial charge in [0.15, 0.2) is 0 Å². The molecule has 3 rings (SSSR count). The topological polar surface area (TPSA) is 85.8 Å². The van der Waals surface area contributed by atoms with Crippen molar-refractivity contribution in [2.24, 2.45) is 11.7 Å². The molecule has 2 N–H and O–H groups in total. The summed E-state index contributed by atoms with van der Waals surface area (Å²) in [5.41, 5.74) is 9.85. The molecule has 2 amide bonds. The highest BCUT2D eigenvalue weighted by Crippen LogP contribution is 2.37. The Hall–Kier alpha value is -2.76. The maximum atomic E-state index is 12.7. The molecule has 0 bridgehead atoms. The van der Waals surface area contributed by atoms with E-state index in [4.69, 9.17) is 14.9 Å². The van der Waals surface area contributed by atoms with Crippen LogP contribution < -0.4 is 10.5 Å². The van der Waals surface area contributed by atoms with E-state index in [1.54, 1.807) is 24.3 Å². The fourth-order valence-electron chi connectivity index (χ4n) is 3.73. The summed E-state index contributed by atoms with van der Waals surface area (Å²) in [6.45, 7) is 6.96. The molecule has 144 valence electrons. The zero-order chi connectivity index (χ0) is 19.7. The number of ether oxygens (including phenoxy) is 1. The largest absolute Gasteiger partial charge is 0.496 e. The minimum absolute atomic E-state index is 0.0564. The van der Waals surface area contributed by atoms with Gasteiger partial charge in [0.2, 0.25) is 11.8 Å². The van der Waals surface area contributed by atoms with E-state index in [-0.39, 0.29) is 17.7 Å². The van der Waals surface area contributed by atoms with Crippen molar-refractivity contribution in [1.29, 1.82) is 0 Å². The first kappa shape index (κ1) is 19.0. The van der Waals surface area contributed by atoms with Gasteiger partial charge in [-0.3, -0.25) is 9.59 Å². The molecular weight excluding hydrogens is 344 g/mol. The van der Waals surface area contributed by atoms with Crippen LogP contribution in [0.5, 0.6) is 5.75 Å². The number of carbonyl (C=O) groups is 2. The average Bonchev–Trinajstić information content (AvgIpc) is 3.02. The highest BCUT2D eigenvalue weighted by molar-refractivity contribution is 5.98. The molecule has 0 spiro atoms. The molecule has 1 aromatic carbocycles. The number of amides is 2. The van der Waals surface area contributed by atoms with Gasteiger partial charge in [0.25, 0.3) is 0 Å². The molecule has 0 saturated carbocycles. The van der Waals surface area contributed by atoms with Crippen molar-refractivity contribution in [3.05, 3.63) is 35.1 Å². The predicted octanol–water partition coefficient (Wildman–Crippen LogP) is 3.19. The van der Waals surface area contributed by atoms with Crippen LogP contribution in [-0.2, 0) is 9.59 Å². The SMILES string of the molecule is COc1c(/C(C)=C/C(=O)N2CCC(C(N)=O)CC2)cc2c(C)coc2c1C. The summed E-state index contributed by atoms with van der Waals surface area (Å²) < 4.78 is 11.3. The summed E-state index contributed by atoms with van der Waals surface area (Å²) in [7, 11) is 1.62. The third-order valence-corrected chi connectivity index (χ3v) is 5.42. The number of likely N-dealkylation sites (tertiary alicyclic amines) is 1. The Bertz CT molecular complexity index is 918. The number of aryl methyl sites for hydroxylation is 2. The molecule has 0 radical (unpaired) electrons. The van der Waals surface area contributed by atoms with Crippen molar-refractivity contribution < 1.29 is 18.7 Å². The van der Waals surface area contributed by atoms with Crippen molar-refractivity contribution in [2.45, 2.75) is 33.6 Å². The lowest BCUT2D eigenvalue weighted by molar-refractivity contribution is -0.130. The Morgan fingerprint density at radius 1 is 1.30 bits per heavy atom. The quantitative estimate of drug-likeness (QED) is 0.838. The average molecular weight is 370 g/mol. The Labute approximate surface area is 158 Å². The molecule has 0 atom stereocenters. The van der Waals surface area contributed by atoms with Gasteiger partial charge in [-0.05, 0) is 50.8 Å². The number of methoxy groups -OCH3 is 1. The second-order valence-electron chi connectivity index (χ2n) is 7.21. The van der Waals surface area contributed by atoms with E-state index in [1.165, 1.54) is 0 Å². The molecule has 6 heteroatoms. The normalized spacial score (nSPS) is 16.0. The van der Waals surface area contributed by atoms with Gasteiger partial charge in [0.1, 0.15) is 11.3 Å². The molecule has 1 saturated heterocycles. The van der Waals surface area contributed by atoms with Crippen LogP contribution in [-0.4, -0.2) is 36.9 Å². The van der Waals surface area contributed by atoms with E-state index in [1.807, 2.05) is 26.8 Å². The number of primary amides is 1. The van der Waals surface area contributed by atoms with Crippen molar-refractivity contribution in [3.63, 3.8) is 0 Å². The van der Waals surface area contributed by atoms with E-state index in [9.17, 15) is 9.59 Å². The number of hydrogen-bond acceptors (Lipinski definition) is 4. The molecule has 1 aliphatic rings. The number of furan rings is 1. The number of hydrogen-bond donors (Lipinski definition) is 1. The van der Waals surface area contributed by atoms with Crippen molar-refractivity contribution >= 4 is 28.4 Å². The maximum absolute atomic E-state index is 12.7. The van der Waals surface area contributed by atoms with Gasteiger partial charge in [-0.1, -0.05) is 0 Å². The number of allylic oxidation sites excluding steroid dienone is 1. The first-order valence-electron chi connectivity index (χ1n) is 9.15. The smallest absolute Gasteiger partial charge is 0.246 e. The van der Waals surface area contributed by atoms with Crippen LogP contribution in [0.25, 0.3) is 16.5 Å². The Kier molecular flexibility index (Phi) is 5.26. The maximum Gasteiger partial charge on any atom is 0.246 e. The third kappa shape index (κ3) is 3.56. The van der Waals surface area contributed by atoms with E-state index >= 15 is 0 Å². The fourth-order valence-corrected chi connectivity index (χ4v) is 3.73. The van der Waals surface area contributed by atoms with Gasteiger partial charge in [0, 0.05) is 41.6 Å². The van der Waals surface area contributed by atoms with Gasteiger partial charge in [-0.25, -0.2) is 0 Å². The lowest BCUT2D eigenvalue weighted by atomic mass is 9.95. The molecular formula is C21H26N2O4. The van der Waals surface area contributed by atoms with Crippen LogP contribution in [0.4, 0.5) is 0 Å². The van der Waals surface area contributed by atoms with Crippen molar-refractivity contribution in [1.82, 2.24) is 4.90 Å². The molecule has 1 aromatic heterocycles. The summed E-state index contributed by atoms with van der Waals surface area (Å²) in [5, 5.41) is 1.02. The molecule has 2 heterocycles. The highest BCUT2D eigenvalue weighted by Gasteiger charge is 2.25. The Morgan fingerprint density at radius 2 is 1.96 bits per heavy atom. The second kappa shape index (κ2) is 7.47. The standard InChI is InChI=1S/C21H26N2O4/c1-12(9-18(24)23-7-5-15(6-8-23)21(22)25)16-10-17-13(2)11-27-20(17)14(3)19(16)26-4/h9-11,15H,5-8H2,1-4H3,(H2,22,25)/b12-9+. The lowest BCUT2D eigenvalue weighted by Crippen LogP contribution is -2.41. The van der Waals surface area contributed by atoms with E-state index in [0.29, 0.717) is 31.7 Å². The summed E-state index contributed by atoms with van der Waals surface area (Å²) in [6, 6.07) is 2.01. The predicted molar refractivity (Wildman–Crippen MR) is 104 cm³/mol. The van der Waals surface area contributed by atoms with Gasteiger partial charge in [0.05, 0.1) is 13.4 Å². The minimum atomic E-state index is -0.280. The van der Waals surface area contributed by atoms with Crippen LogP contribution in [0.1, 0.15) is 36.5 Å². The lowest BCUT2D eigenvalue weighted by Gasteiger charge is -2.30. The van der Waals surface area contributed by atoms with E-state index in [2.05, 4.69) is 0 Å². The number of nitrogens with two attached hydrogens (primary N) is 1. The molecule has 27 heavy (non-hydrogen) atoms. The molecule has 6 nitrogen and oxygen atoms in total. The summed E-state index contributed by atoms with van der Waals surface area (Å²) in [5.74, 6) is 0.246. The van der Waals surface area contributed by atoms with E-state index < -0.39 is 0 Å². The second-order valence-corrected chi connectivity index (χ2v) is 7.21. The zero-order valence-electron chi connectivity index (χ0n) is 16.3. The molecule has 1 aliphatic heterocycles. The molecule has 2 aromatic rings. The highest BCUT2D eigenvalue weighted by atomic mass is 16.5.